The van der Waals surface area contributed by atoms with Crippen LogP contribution in [-0.4, -0.2) is 44.2 Å². The van der Waals surface area contributed by atoms with Crippen LogP contribution in [0.5, 0.6) is 0 Å². The first kappa shape index (κ1) is 16.2. The fourth-order valence-electron chi connectivity index (χ4n) is 2.04. The lowest BCUT2D eigenvalue weighted by atomic mass is 10.3. The van der Waals surface area contributed by atoms with Crippen LogP contribution in [0.4, 0.5) is 0 Å². The van der Waals surface area contributed by atoms with E-state index >= 15 is 0 Å². The second-order valence-corrected chi connectivity index (χ2v) is 4.82. The molecule has 0 atom stereocenters. The smallest absolute Gasteiger partial charge is 0.357 e. The van der Waals surface area contributed by atoms with Gasteiger partial charge in [0.15, 0.2) is 12.4 Å². The van der Waals surface area contributed by atoms with Gasteiger partial charge in [0, 0.05) is 0 Å². The van der Waals surface area contributed by atoms with Crippen molar-refractivity contribution >= 4 is 11.9 Å². The number of aromatic nitrogens is 5. The number of rotatable bonds is 5. The van der Waals surface area contributed by atoms with Crippen molar-refractivity contribution in [3.8, 4) is 5.69 Å². The highest BCUT2D eigenvalue weighted by Gasteiger charge is 2.16. The van der Waals surface area contributed by atoms with E-state index in [0.717, 1.165) is 5.69 Å². The Morgan fingerprint density at radius 3 is 2.44 bits per heavy atom. The lowest BCUT2D eigenvalue weighted by Crippen LogP contribution is -2.13. The summed E-state index contributed by atoms with van der Waals surface area (Å²) in [5.41, 5.74) is 0.747. The highest BCUT2D eigenvalue weighted by Crippen LogP contribution is 2.09. The first-order valence-corrected chi connectivity index (χ1v) is 7.24. The molecule has 0 N–H and O–H groups in total. The molecule has 0 fully saturated rings. The molecular weight excluding hydrogens is 326 g/mol. The summed E-state index contributed by atoms with van der Waals surface area (Å²) in [4.78, 5) is 27.5. The molecular formula is C16H13N5O4. The molecule has 25 heavy (non-hydrogen) atoms. The summed E-state index contributed by atoms with van der Waals surface area (Å²) in [6.07, 6.45) is 0. The number of esters is 2. The van der Waals surface area contributed by atoms with E-state index in [0.29, 0.717) is 5.82 Å². The Bertz CT molecular complexity index is 894. The zero-order chi connectivity index (χ0) is 17.6. The van der Waals surface area contributed by atoms with E-state index in [2.05, 4.69) is 25.2 Å². The van der Waals surface area contributed by atoms with Crippen LogP contribution < -0.4 is 0 Å². The maximum Gasteiger partial charge on any atom is 0.357 e. The molecule has 0 aliphatic carbocycles. The minimum atomic E-state index is -0.701. The second kappa shape index (κ2) is 7.30. The van der Waals surface area contributed by atoms with Crippen molar-refractivity contribution in [2.75, 3.05) is 7.11 Å². The summed E-state index contributed by atoms with van der Waals surface area (Å²) >= 11 is 0. The molecule has 0 saturated carbocycles. The molecule has 0 saturated heterocycles. The molecule has 0 unspecified atom stereocenters. The number of carbonyl (C=O) groups excluding carboxylic acids is 2. The van der Waals surface area contributed by atoms with Crippen LogP contribution in [0.25, 0.3) is 5.69 Å². The standard InChI is InChI=1S/C16H13N5O4/c1-24-15(22)12-8-5-9-13(17-12)16(23)25-10-14-18-19-20-21(14)11-6-3-2-4-7-11/h2-9H,10H2,1H3. The van der Waals surface area contributed by atoms with Crippen LogP contribution >= 0.6 is 0 Å². The SMILES string of the molecule is COC(=O)c1cccc(C(=O)OCc2nnnn2-c2ccccc2)n1. The zero-order valence-corrected chi connectivity index (χ0v) is 13.2. The number of carbonyl (C=O) groups is 2. The van der Waals surface area contributed by atoms with Crippen molar-refractivity contribution in [1.29, 1.82) is 0 Å². The largest absolute Gasteiger partial charge is 0.464 e. The highest BCUT2D eigenvalue weighted by atomic mass is 16.5. The van der Waals surface area contributed by atoms with Gasteiger partial charge in [-0.05, 0) is 34.7 Å². The molecule has 0 spiro atoms. The van der Waals surface area contributed by atoms with Crippen LogP contribution in [-0.2, 0) is 16.1 Å². The van der Waals surface area contributed by atoms with E-state index in [4.69, 9.17) is 4.74 Å². The molecule has 9 heteroatoms. The van der Waals surface area contributed by atoms with Crippen molar-refractivity contribution < 1.29 is 19.1 Å². The van der Waals surface area contributed by atoms with Crippen LogP contribution in [0.15, 0.2) is 48.5 Å². The van der Waals surface area contributed by atoms with Gasteiger partial charge in [-0.3, -0.25) is 0 Å². The monoisotopic (exact) mass is 339 g/mol. The first-order chi connectivity index (χ1) is 12.2. The molecule has 2 heterocycles. The van der Waals surface area contributed by atoms with Gasteiger partial charge in [0.25, 0.3) is 0 Å². The number of methoxy groups -OCH3 is 1. The molecule has 0 aliphatic rings. The third-order valence-corrected chi connectivity index (χ3v) is 3.22. The maximum atomic E-state index is 12.1. The lowest BCUT2D eigenvalue weighted by molar-refractivity contribution is 0.0452. The Kier molecular flexibility index (Phi) is 4.74. The van der Waals surface area contributed by atoms with Crippen molar-refractivity contribution in [3.05, 3.63) is 65.7 Å². The molecule has 2 aromatic heterocycles. The topological polar surface area (TPSA) is 109 Å². The molecule has 9 nitrogen and oxygen atoms in total. The van der Waals surface area contributed by atoms with Crippen LogP contribution in [0.3, 0.4) is 0 Å². The fraction of sp³-hybridized carbons (Fsp3) is 0.125. The fourth-order valence-corrected chi connectivity index (χ4v) is 2.04. The summed E-state index contributed by atoms with van der Waals surface area (Å²) in [5.74, 6) is -0.986. The van der Waals surface area contributed by atoms with Gasteiger partial charge in [0.05, 0.1) is 12.8 Å². The van der Waals surface area contributed by atoms with Gasteiger partial charge in [-0.1, -0.05) is 24.3 Å². The molecule has 126 valence electrons. The van der Waals surface area contributed by atoms with Gasteiger partial charge in [-0.2, -0.15) is 4.68 Å². The van der Waals surface area contributed by atoms with Crippen LogP contribution in [0.1, 0.15) is 26.8 Å². The van der Waals surface area contributed by atoms with E-state index < -0.39 is 11.9 Å². The van der Waals surface area contributed by atoms with Crippen LogP contribution in [0.2, 0.25) is 0 Å². The number of benzene rings is 1. The summed E-state index contributed by atoms with van der Waals surface area (Å²) in [7, 11) is 1.23. The molecule has 0 bridgehead atoms. The Balaban J connectivity index is 1.72. The Hall–Kier alpha value is -3.62. The first-order valence-electron chi connectivity index (χ1n) is 7.24. The number of pyridine rings is 1. The van der Waals surface area contributed by atoms with Crippen molar-refractivity contribution in [2.45, 2.75) is 6.61 Å². The van der Waals surface area contributed by atoms with Crippen LogP contribution in [0, 0.1) is 0 Å². The van der Waals surface area contributed by atoms with Gasteiger partial charge in [-0.25, -0.2) is 14.6 Å². The Labute approximate surface area is 142 Å². The number of nitrogens with zero attached hydrogens (tertiary/aromatic N) is 5. The average Bonchev–Trinajstić information content (AvgIpc) is 3.15. The number of hydrogen-bond acceptors (Lipinski definition) is 8. The molecule has 3 aromatic rings. The second-order valence-electron chi connectivity index (χ2n) is 4.82. The minimum Gasteiger partial charge on any atom is -0.464 e. The van der Waals surface area contributed by atoms with Gasteiger partial charge in [0.1, 0.15) is 11.4 Å². The van der Waals surface area contributed by atoms with E-state index in [-0.39, 0.29) is 18.0 Å². The van der Waals surface area contributed by atoms with Crippen molar-refractivity contribution in [3.63, 3.8) is 0 Å². The zero-order valence-electron chi connectivity index (χ0n) is 13.2. The molecule has 0 amide bonds. The number of ether oxygens (including phenoxy) is 2. The summed E-state index contributed by atoms with van der Waals surface area (Å²) in [6.45, 7) is -0.148. The van der Waals surface area contributed by atoms with E-state index in [1.54, 1.807) is 0 Å². The highest BCUT2D eigenvalue weighted by molar-refractivity contribution is 5.91. The summed E-state index contributed by atoms with van der Waals surface area (Å²) in [5, 5.41) is 11.3. The number of para-hydroxylation sites is 1. The summed E-state index contributed by atoms with van der Waals surface area (Å²) < 4.78 is 11.2. The molecule has 0 radical (unpaired) electrons. The van der Waals surface area contributed by atoms with E-state index in [1.807, 2.05) is 30.3 Å². The van der Waals surface area contributed by atoms with Gasteiger partial charge in [-0.15, -0.1) is 5.10 Å². The van der Waals surface area contributed by atoms with Gasteiger partial charge in [0.2, 0.25) is 0 Å². The molecule has 0 aliphatic heterocycles. The number of hydrogen-bond donors (Lipinski definition) is 0. The Morgan fingerprint density at radius 1 is 1.00 bits per heavy atom. The predicted molar refractivity (Wildman–Crippen MR) is 83.9 cm³/mol. The third-order valence-electron chi connectivity index (χ3n) is 3.22. The molecule has 3 rings (SSSR count). The summed E-state index contributed by atoms with van der Waals surface area (Å²) in [6, 6.07) is 13.6. The van der Waals surface area contributed by atoms with E-state index in [1.165, 1.54) is 30.0 Å². The van der Waals surface area contributed by atoms with Crippen molar-refractivity contribution in [2.24, 2.45) is 0 Å². The minimum absolute atomic E-state index is 0.0124. The van der Waals surface area contributed by atoms with E-state index in [9.17, 15) is 9.59 Å². The van der Waals surface area contributed by atoms with Gasteiger partial charge >= 0.3 is 11.9 Å². The molecule has 1 aromatic carbocycles. The third kappa shape index (κ3) is 3.66. The van der Waals surface area contributed by atoms with Gasteiger partial charge < -0.3 is 9.47 Å². The van der Waals surface area contributed by atoms with Crippen molar-refractivity contribution in [1.82, 2.24) is 25.2 Å². The lowest BCUT2D eigenvalue weighted by Gasteiger charge is -2.06. The average molecular weight is 339 g/mol. The number of tetrazole rings is 1. The Morgan fingerprint density at radius 2 is 1.72 bits per heavy atom. The maximum absolute atomic E-state index is 12.1. The normalized spacial score (nSPS) is 10.3. The predicted octanol–water partition coefficient (Wildman–Crippen LogP) is 1.20. The quantitative estimate of drug-likeness (QED) is 0.638.